The predicted molar refractivity (Wildman–Crippen MR) is 75.0 cm³/mol. The summed E-state index contributed by atoms with van der Waals surface area (Å²) in [6.07, 6.45) is 4.18. The Hall–Kier alpha value is -1.07. The van der Waals surface area contributed by atoms with Gasteiger partial charge < -0.3 is 14.5 Å². The number of nitrogens with zero attached hydrogens (tertiary/aromatic N) is 4. The van der Waals surface area contributed by atoms with E-state index in [2.05, 4.69) is 33.7 Å². The zero-order chi connectivity index (χ0) is 13.4. The standard InChI is InChI=1S/C13H19ClN4O/c1-9(10-4-3-5-17(10)2)18-6-7-19-11-8-15-13(14)16-12(11)18/h8-10H,3-7H2,1-2H3/t9-,10-/m0/s1. The fourth-order valence-corrected chi connectivity index (χ4v) is 3.29. The minimum atomic E-state index is 0.279. The van der Waals surface area contributed by atoms with Gasteiger partial charge in [0.1, 0.15) is 6.61 Å². The molecule has 0 aliphatic carbocycles. The summed E-state index contributed by atoms with van der Waals surface area (Å²) in [6, 6.07) is 0.973. The molecule has 5 nitrogen and oxygen atoms in total. The Morgan fingerprint density at radius 3 is 3.05 bits per heavy atom. The quantitative estimate of drug-likeness (QED) is 0.774. The average molecular weight is 283 g/mol. The van der Waals surface area contributed by atoms with Gasteiger partial charge in [-0.2, -0.15) is 4.98 Å². The molecule has 2 aliphatic heterocycles. The second kappa shape index (κ2) is 5.13. The van der Waals surface area contributed by atoms with E-state index >= 15 is 0 Å². The Balaban J connectivity index is 1.88. The number of aromatic nitrogens is 2. The first-order chi connectivity index (χ1) is 9.16. The number of ether oxygens (including phenoxy) is 1. The van der Waals surface area contributed by atoms with Gasteiger partial charge in [-0.05, 0) is 45.0 Å². The number of anilines is 1. The first kappa shape index (κ1) is 12.9. The number of halogens is 1. The first-order valence-corrected chi connectivity index (χ1v) is 7.17. The van der Waals surface area contributed by atoms with Crippen molar-refractivity contribution in [2.75, 3.05) is 31.6 Å². The molecule has 19 heavy (non-hydrogen) atoms. The van der Waals surface area contributed by atoms with Crippen LogP contribution >= 0.6 is 11.6 Å². The monoisotopic (exact) mass is 282 g/mol. The lowest BCUT2D eigenvalue weighted by Crippen LogP contribution is -2.49. The van der Waals surface area contributed by atoms with Gasteiger partial charge in [0, 0.05) is 12.1 Å². The Morgan fingerprint density at radius 1 is 1.47 bits per heavy atom. The second-order valence-electron chi connectivity index (χ2n) is 5.30. The maximum atomic E-state index is 5.92. The molecule has 1 saturated heterocycles. The van der Waals surface area contributed by atoms with Crippen molar-refractivity contribution < 1.29 is 4.74 Å². The molecule has 0 N–H and O–H groups in total. The van der Waals surface area contributed by atoms with Crippen molar-refractivity contribution in [3.05, 3.63) is 11.5 Å². The minimum absolute atomic E-state index is 0.279. The number of likely N-dealkylation sites (tertiary alicyclic amines) is 1. The van der Waals surface area contributed by atoms with Crippen LogP contribution in [0.4, 0.5) is 5.82 Å². The highest BCUT2D eigenvalue weighted by Crippen LogP contribution is 2.33. The van der Waals surface area contributed by atoms with Crippen molar-refractivity contribution in [1.82, 2.24) is 14.9 Å². The van der Waals surface area contributed by atoms with Gasteiger partial charge in [-0.15, -0.1) is 0 Å². The lowest BCUT2D eigenvalue weighted by Gasteiger charge is -2.39. The molecule has 1 aromatic heterocycles. The largest absolute Gasteiger partial charge is 0.486 e. The van der Waals surface area contributed by atoms with Gasteiger partial charge >= 0.3 is 0 Å². The minimum Gasteiger partial charge on any atom is -0.486 e. The van der Waals surface area contributed by atoms with E-state index in [0.29, 0.717) is 18.7 Å². The van der Waals surface area contributed by atoms with Gasteiger partial charge in [0.15, 0.2) is 11.6 Å². The van der Waals surface area contributed by atoms with Crippen molar-refractivity contribution in [3.8, 4) is 5.75 Å². The van der Waals surface area contributed by atoms with Crippen molar-refractivity contribution >= 4 is 17.4 Å². The summed E-state index contributed by atoms with van der Waals surface area (Å²) in [7, 11) is 2.20. The molecule has 3 rings (SSSR count). The Kier molecular flexibility index (Phi) is 3.50. The lowest BCUT2D eigenvalue weighted by molar-refractivity contribution is 0.247. The topological polar surface area (TPSA) is 41.5 Å². The third-order valence-corrected chi connectivity index (χ3v) is 4.38. The summed E-state index contributed by atoms with van der Waals surface area (Å²) in [5.74, 6) is 1.57. The van der Waals surface area contributed by atoms with E-state index in [1.54, 1.807) is 6.20 Å². The zero-order valence-corrected chi connectivity index (χ0v) is 12.1. The molecular formula is C13H19ClN4O. The molecule has 0 amide bonds. The van der Waals surface area contributed by atoms with Crippen LogP contribution < -0.4 is 9.64 Å². The van der Waals surface area contributed by atoms with Gasteiger partial charge in [0.2, 0.25) is 5.28 Å². The average Bonchev–Trinajstić information content (AvgIpc) is 2.83. The Bertz CT molecular complexity index is 470. The van der Waals surface area contributed by atoms with Crippen LogP contribution in [0.3, 0.4) is 0 Å². The third-order valence-electron chi connectivity index (χ3n) is 4.19. The third kappa shape index (κ3) is 2.37. The molecule has 3 heterocycles. The number of likely N-dealkylation sites (N-methyl/N-ethyl adjacent to an activating group) is 1. The van der Waals surface area contributed by atoms with Crippen LogP contribution in [-0.4, -0.2) is 53.7 Å². The molecule has 6 heteroatoms. The van der Waals surface area contributed by atoms with Crippen LogP contribution in [0.2, 0.25) is 5.28 Å². The van der Waals surface area contributed by atoms with Crippen LogP contribution in [0, 0.1) is 0 Å². The van der Waals surface area contributed by atoms with E-state index in [4.69, 9.17) is 16.3 Å². The van der Waals surface area contributed by atoms with Gasteiger partial charge in [0.05, 0.1) is 12.7 Å². The molecule has 1 aromatic rings. The molecule has 0 radical (unpaired) electrons. The maximum Gasteiger partial charge on any atom is 0.224 e. The molecule has 0 spiro atoms. The second-order valence-corrected chi connectivity index (χ2v) is 5.64. The van der Waals surface area contributed by atoms with Crippen molar-refractivity contribution in [2.45, 2.75) is 31.8 Å². The normalized spacial score (nSPS) is 25.0. The Labute approximate surface area is 118 Å². The summed E-state index contributed by atoms with van der Waals surface area (Å²) in [6.45, 7) is 4.97. The summed E-state index contributed by atoms with van der Waals surface area (Å²) >= 11 is 5.92. The van der Waals surface area contributed by atoms with Crippen LogP contribution in [-0.2, 0) is 0 Å². The first-order valence-electron chi connectivity index (χ1n) is 6.79. The summed E-state index contributed by atoms with van der Waals surface area (Å²) in [5, 5.41) is 0.279. The molecule has 0 aromatic carbocycles. The van der Waals surface area contributed by atoms with Crippen molar-refractivity contribution in [2.24, 2.45) is 0 Å². The number of fused-ring (bicyclic) bond motifs is 1. The predicted octanol–water partition coefficient (Wildman–Crippen LogP) is 1.81. The molecular weight excluding hydrogens is 264 g/mol. The summed E-state index contributed by atoms with van der Waals surface area (Å²) in [5.41, 5.74) is 0. The van der Waals surface area contributed by atoms with Gasteiger partial charge in [0.25, 0.3) is 0 Å². The molecule has 0 saturated carbocycles. The highest BCUT2D eigenvalue weighted by Gasteiger charge is 2.33. The fraction of sp³-hybridized carbons (Fsp3) is 0.692. The Morgan fingerprint density at radius 2 is 2.32 bits per heavy atom. The van der Waals surface area contributed by atoms with E-state index in [-0.39, 0.29) is 5.28 Å². The summed E-state index contributed by atoms with van der Waals surface area (Å²) in [4.78, 5) is 13.1. The van der Waals surface area contributed by atoms with Gasteiger partial charge in [-0.1, -0.05) is 0 Å². The number of hydrogen-bond donors (Lipinski definition) is 0. The highest BCUT2D eigenvalue weighted by atomic mass is 35.5. The SMILES string of the molecule is C[C@@H]([C@@H]1CCCN1C)N1CCOc2cnc(Cl)nc21. The smallest absolute Gasteiger partial charge is 0.224 e. The van der Waals surface area contributed by atoms with Crippen LogP contribution in [0.5, 0.6) is 5.75 Å². The number of hydrogen-bond acceptors (Lipinski definition) is 5. The fourth-order valence-electron chi connectivity index (χ4n) is 3.16. The highest BCUT2D eigenvalue weighted by molar-refractivity contribution is 6.28. The summed E-state index contributed by atoms with van der Waals surface area (Å²) < 4.78 is 5.61. The van der Waals surface area contributed by atoms with E-state index < -0.39 is 0 Å². The van der Waals surface area contributed by atoms with E-state index in [1.807, 2.05) is 0 Å². The zero-order valence-electron chi connectivity index (χ0n) is 11.3. The van der Waals surface area contributed by atoms with E-state index in [0.717, 1.165) is 18.1 Å². The molecule has 104 valence electrons. The van der Waals surface area contributed by atoms with Gasteiger partial charge in [-0.25, -0.2) is 4.98 Å². The molecule has 0 bridgehead atoms. The molecule has 2 atom stereocenters. The maximum absolute atomic E-state index is 5.92. The lowest BCUT2D eigenvalue weighted by atomic mass is 10.1. The molecule has 1 fully saturated rings. The van der Waals surface area contributed by atoms with Crippen LogP contribution in [0.25, 0.3) is 0 Å². The van der Waals surface area contributed by atoms with Crippen LogP contribution in [0.1, 0.15) is 19.8 Å². The van der Waals surface area contributed by atoms with Gasteiger partial charge in [-0.3, -0.25) is 0 Å². The number of rotatable bonds is 2. The van der Waals surface area contributed by atoms with E-state index in [9.17, 15) is 0 Å². The van der Waals surface area contributed by atoms with Crippen molar-refractivity contribution in [1.29, 1.82) is 0 Å². The van der Waals surface area contributed by atoms with Crippen LogP contribution in [0.15, 0.2) is 6.20 Å². The van der Waals surface area contributed by atoms with Crippen molar-refractivity contribution in [3.63, 3.8) is 0 Å². The molecule has 0 unspecified atom stereocenters. The molecule has 2 aliphatic rings. The van der Waals surface area contributed by atoms with E-state index in [1.165, 1.54) is 19.4 Å².